The van der Waals surface area contributed by atoms with E-state index in [1.165, 1.54) is 0 Å². The molecule has 0 fully saturated rings. The number of aryl methyl sites for hydroxylation is 1. The first-order valence-corrected chi connectivity index (χ1v) is 8.81. The summed E-state index contributed by atoms with van der Waals surface area (Å²) in [7, 11) is -3.72. The van der Waals surface area contributed by atoms with Gasteiger partial charge < -0.3 is 14.2 Å². The molecule has 2 aliphatic heterocycles. The van der Waals surface area contributed by atoms with Gasteiger partial charge in [0.15, 0.2) is 17.7 Å². The van der Waals surface area contributed by atoms with E-state index in [9.17, 15) is 8.42 Å². The third-order valence-electron chi connectivity index (χ3n) is 3.98. The van der Waals surface area contributed by atoms with Crippen molar-refractivity contribution in [1.82, 2.24) is 4.72 Å². The number of nitrogens with one attached hydrogen (secondary N) is 1. The fourth-order valence-corrected chi connectivity index (χ4v) is 3.74. The second-order valence-corrected chi connectivity index (χ2v) is 7.37. The van der Waals surface area contributed by atoms with Gasteiger partial charge in [-0.05, 0) is 25.1 Å². The van der Waals surface area contributed by atoms with Gasteiger partial charge in [-0.25, -0.2) is 8.42 Å². The van der Waals surface area contributed by atoms with Crippen molar-refractivity contribution < 1.29 is 22.6 Å². The Morgan fingerprint density at radius 1 is 1.08 bits per heavy atom. The summed E-state index contributed by atoms with van der Waals surface area (Å²) < 4.78 is 43.9. The smallest absolute Gasteiger partial charge is 0.243 e. The Labute approximate surface area is 139 Å². The monoisotopic (exact) mass is 345 g/mol. The Hall–Kier alpha value is -2.51. The first-order chi connectivity index (χ1) is 11.4. The fraction of sp³-hybridized carbons (Fsp3) is 0.176. The van der Waals surface area contributed by atoms with Gasteiger partial charge in [0.05, 0.1) is 4.90 Å². The molecule has 2 aromatic carbocycles. The SMILES string of the molecule is C=C1c2cc3c(cc2OC1NS(=O)(=O)c1ccc(C)cc1)OCO3. The molecule has 2 aromatic rings. The average Bonchev–Trinajstić information content (AvgIpc) is 3.10. The second kappa shape index (κ2) is 5.25. The molecule has 124 valence electrons. The van der Waals surface area contributed by atoms with Crippen molar-refractivity contribution in [3.8, 4) is 17.2 Å². The average molecular weight is 345 g/mol. The van der Waals surface area contributed by atoms with E-state index in [0.717, 1.165) is 5.56 Å². The van der Waals surface area contributed by atoms with Gasteiger partial charge in [-0.2, -0.15) is 4.72 Å². The Morgan fingerprint density at radius 2 is 1.75 bits per heavy atom. The molecule has 0 saturated heterocycles. The van der Waals surface area contributed by atoms with Crippen LogP contribution in [0.25, 0.3) is 5.57 Å². The molecular formula is C17H15NO5S. The lowest BCUT2D eigenvalue weighted by molar-refractivity contribution is 0.173. The third-order valence-corrected chi connectivity index (χ3v) is 5.39. The van der Waals surface area contributed by atoms with Gasteiger partial charge in [-0.3, -0.25) is 0 Å². The van der Waals surface area contributed by atoms with Crippen molar-refractivity contribution in [1.29, 1.82) is 0 Å². The Balaban J connectivity index is 1.60. The largest absolute Gasteiger partial charge is 0.469 e. The Morgan fingerprint density at radius 3 is 2.46 bits per heavy atom. The third kappa shape index (κ3) is 2.42. The van der Waals surface area contributed by atoms with Crippen LogP contribution in [0.5, 0.6) is 17.2 Å². The minimum Gasteiger partial charge on any atom is -0.469 e. The molecule has 24 heavy (non-hydrogen) atoms. The van der Waals surface area contributed by atoms with E-state index in [1.807, 2.05) is 6.92 Å². The summed E-state index contributed by atoms with van der Waals surface area (Å²) in [5.74, 6) is 1.69. The van der Waals surface area contributed by atoms with Crippen molar-refractivity contribution in [3.05, 3.63) is 54.1 Å². The number of hydrogen-bond acceptors (Lipinski definition) is 5. The molecule has 7 heteroatoms. The number of hydrogen-bond donors (Lipinski definition) is 1. The van der Waals surface area contributed by atoms with Crippen LogP contribution >= 0.6 is 0 Å². The van der Waals surface area contributed by atoms with Crippen LogP contribution in [0, 0.1) is 6.92 Å². The number of fused-ring (bicyclic) bond motifs is 2. The van der Waals surface area contributed by atoms with Crippen molar-refractivity contribution in [2.75, 3.05) is 6.79 Å². The van der Waals surface area contributed by atoms with E-state index in [1.54, 1.807) is 36.4 Å². The van der Waals surface area contributed by atoms with Gasteiger partial charge in [0.25, 0.3) is 0 Å². The van der Waals surface area contributed by atoms with E-state index >= 15 is 0 Å². The second-order valence-electron chi connectivity index (χ2n) is 5.66. The standard InChI is InChI=1S/C17H15NO5S/c1-10-3-5-12(6-4-10)24(19,20)18-17-11(2)13-7-15-16(22-9-21-15)8-14(13)23-17/h3-8,17-18H,2,9H2,1H3. The van der Waals surface area contributed by atoms with Crippen LogP contribution in [0.2, 0.25) is 0 Å². The van der Waals surface area contributed by atoms with E-state index in [2.05, 4.69) is 11.3 Å². The lowest BCUT2D eigenvalue weighted by Crippen LogP contribution is -2.37. The van der Waals surface area contributed by atoms with Crippen LogP contribution in [0.15, 0.2) is 47.9 Å². The predicted molar refractivity (Wildman–Crippen MR) is 87.5 cm³/mol. The van der Waals surface area contributed by atoms with Gasteiger partial charge in [0, 0.05) is 17.2 Å². The summed E-state index contributed by atoms with van der Waals surface area (Å²) in [5.41, 5.74) is 2.22. The summed E-state index contributed by atoms with van der Waals surface area (Å²) in [4.78, 5) is 0.176. The molecule has 2 heterocycles. The van der Waals surface area contributed by atoms with Gasteiger partial charge in [0.1, 0.15) is 5.75 Å². The lowest BCUT2D eigenvalue weighted by Gasteiger charge is -2.14. The van der Waals surface area contributed by atoms with Crippen molar-refractivity contribution in [2.24, 2.45) is 0 Å². The molecule has 0 radical (unpaired) electrons. The molecule has 1 N–H and O–H groups in total. The van der Waals surface area contributed by atoms with Crippen LogP contribution in [-0.4, -0.2) is 21.4 Å². The van der Waals surface area contributed by atoms with Crippen LogP contribution in [-0.2, 0) is 10.0 Å². The van der Waals surface area contributed by atoms with E-state index in [4.69, 9.17) is 14.2 Å². The number of sulfonamides is 1. The number of benzene rings is 2. The first kappa shape index (κ1) is 15.0. The lowest BCUT2D eigenvalue weighted by atomic mass is 10.1. The molecule has 0 spiro atoms. The highest BCUT2D eigenvalue weighted by Crippen LogP contribution is 2.45. The summed E-state index contributed by atoms with van der Waals surface area (Å²) in [6, 6.07) is 10.0. The summed E-state index contributed by atoms with van der Waals surface area (Å²) in [6.07, 6.45) is -0.867. The summed E-state index contributed by atoms with van der Waals surface area (Å²) in [6.45, 7) is 6.00. The minimum atomic E-state index is -3.72. The Kier molecular flexibility index (Phi) is 3.29. The minimum absolute atomic E-state index is 0.161. The summed E-state index contributed by atoms with van der Waals surface area (Å²) in [5, 5.41) is 0. The van der Waals surface area contributed by atoms with Crippen LogP contribution in [0.3, 0.4) is 0 Å². The molecule has 0 bridgehead atoms. The molecule has 0 aromatic heterocycles. The maximum atomic E-state index is 12.5. The molecule has 0 amide bonds. The topological polar surface area (TPSA) is 73.9 Å². The van der Waals surface area contributed by atoms with Gasteiger partial charge in [-0.15, -0.1) is 0 Å². The molecule has 1 atom stereocenters. The molecule has 2 aliphatic rings. The maximum absolute atomic E-state index is 12.5. The molecule has 4 rings (SSSR count). The molecule has 1 unspecified atom stereocenters. The highest BCUT2D eigenvalue weighted by molar-refractivity contribution is 7.89. The number of rotatable bonds is 3. The number of ether oxygens (including phenoxy) is 3. The zero-order valence-corrected chi connectivity index (χ0v) is 13.7. The van der Waals surface area contributed by atoms with Crippen LogP contribution in [0.1, 0.15) is 11.1 Å². The first-order valence-electron chi connectivity index (χ1n) is 7.32. The van der Waals surface area contributed by atoms with Gasteiger partial charge in [0.2, 0.25) is 16.8 Å². The van der Waals surface area contributed by atoms with Crippen LogP contribution in [0.4, 0.5) is 0 Å². The molecule has 0 aliphatic carbocycles. The fourth-order valence-electron chi connectivity index (χ4n) is 2.63. The normalized spacial score (nSPS) is 18.4. The zero-order chi connectivity index (χ0) is 16.9. The van der Waals surface area contributed by atoms with E-state index in [0.29, 0.717) is 28.4 Å². The molecule has 0 saturated carbocycles. The van der Waals surface area contributed by atoms with Crippen molar-refractivity contribution >= 4 is 15.6 Å². The molecule has 6 nitrogen and oxygen atoms in total. The van der Waals surface area contributed by atoms with Crippen LogP contribution < -0.4 is 18.9 Å². The highest BCUT2D eigenvalue weighted by Gasteiger charge is 2.33. The van der Waals surface area contributed by atoms with E-state index in [-0.39, 0.29) is 11.7 Å². The van der Waals surface area contributed by atoms with Gasteiger partial charge >= 0.3 is 0 Å². The van der Waals surface area contributed by atoms with E-state index < -0.39 is 16.3 Å². The zero-order valence-electron chi connectivity index (χ0n) is 12.9. The highest BCUT2D eigenvalue weighted by atomic mass is 32.2. The molecular weight excluding hydrogens is 330 g/mol. The van der Waals surface area contributed by atoms with Gasteiger partial charge in [-0.1, -0.05) is 24.3 Å². The Bertz CT molecular complexity index is 934. The van der Waals surface area contributed by atoms with Crippen molar-refractivity contribution in [2.45, 2.75) is 18.0 Å². The van der Waals surface area contributed by atoms with Crippen molar-refractivity contribution in [3.63, 3.8) is 0 Å². The summed E-state index contributed by atoms with van der Waals surface area (Å²) >= 11 is 0. The predicted octanol–water partition coefficient (Wildman–Crippen LogP) is 2.43. The quantitative estimate of drug-likeness (QED) is 0.925. The maximum Gasteiger partial charge on any atom is 0.243 e.